The van der Waals surface area contributed by atoms with Crippen LogP contribution in [0.5, 0.6) is 0 Å². The van der Waals surface area contributed by atoms with Crippen LogP contribution in [0.3, 0.4) is 0 Å². The highest BCUT2D eigenvalue weighted by atomic mass is 32.2. The molecule has 0 aromatic carbocycles. The zero-order chi connectivity index (χ0) is 15.3. The van der Waals surface area contributed by atoms with E-state index in [0.29, 0.717) is 19.5 Å². The van der Waals surface area contributed by atoms with Crippen LogP contribution in [-0.2, 0) is 21.2 Å². The van der Waals surface area contributed by atoms with E-state index in [-0.39, 0.29) is 30.0 Å². The summed E-state index contributed by atoms with van der Waals surface area (Å²) in [6, 6.07) is -0.0455. The Hall–Kier alpha value is -1.48. The summed E-state index contributed by atoms with van der Waals surface area (Å²) in [5.74, 6) is 0.297. The van der Waals surface area contributed by atoms with Crippen LogP contribution in [0.2, 0.25) is 0 Å². The average Bonchev–Trinajstić information content (AvgIpc) is 3.04. The Labute approximate surface area is 124 Å². The molecular weight excluding hydrogens is 294 g/mol. The van der Waals surface area contributed by atoms with Gasteiger partial charge in [-0.3, -0.25) is 14.4 Å². The van der Waals surface area contributed by atoms with Crippen molar-refractivity contribution >= 4 is 15.7 Å². The van der Waals surface area contributed by atoms with Gasteiger partial charge in [0.2, 0.25) is 5.91 Å². The minimum Gasteiger partial charge on any atom is -0.355 e. The van der Waals surface area contributed by atoms with Gasteiger partial charge in [-0.1, -0.05) is 5.21 Å². The smallest absolute Gasteiger partial charge is 0.234 e. The van der Waals surface area contributed by atoms with Crippen LogP contribution >= 0.6 is 0 Å². The Morgan fingerprint density at radius 2 is 2.33 bits per heavy atom. The number of nitrogens with zero attached hydrogens (tertiary/aromatic N) is 4. The first kappa shape index (κ1) is 15.9. The van der Waals surface area contributed by atoms with Crippen LogP contribution in [0.15, 0.2) is 12.4 Å². The normalized spacial score (nSPS) is 20.8. The Morgan fingerprint density at radius 3 is 2.95 bits per heavy atom. The number of hydrogen-bond donors (Lipinski definition) is 1. The summed E-state index contributed by atoms with van der Waals surface area (Å²) in [6.07, 6.45) is 4.77. The predicted octanol–water partition coefficient (Wildman–Crippen LogP) is -1.10. The van der Waals surface area contributed by atoms with Crippen LogP contribution in [0, 0.1) is 0 Å². The molecule has 1 aliphatic heterocycles. The molecule has 1 amide bonds. The third-order valence-electron chi connectivity index (χ3n) is 3.58. The van der Waals surface area contributed by atoms with Crippen molar-refractivity contribution in [3.05, 3.63) is 12.4 Å². The lowest BCUT2D eigenvalue weighted by molar-refractivity contribution is -0.122. The van der Waals surface area contributed by atoms with Crippen molar-refractivity contribution in [2.24, 2.45) is 0 Å². The first-order chi connectivity index (χ1) is 9.96. The molecule has 1 N–H and O–H groups in total. The van der Waals surface area contributed by atoms with Crippen LogP contribution in [0.25, 0.3) is 0 Å². The van der Waals surface area contributed by atoms with Gasteiger partial charge in [-0.25, -0.2) is 8.42 Å². The first-order valence-electron chi connectivity index (χ1n) is 6.98. The molecule has 1 saturated heterocycles. The van der Waals surface area contributed by atoms with Gasteiger partial charge in [0, 0.05) is 25.3 Å². The van der Waals surface area contributed by atoms with Crippen LogP contribution in [-0.4, -0.2) is 71.9 Å². The maximum Gasteiger partial charge on any atom is 0.234 e. The molecule has 0 radical (unpaired) electrons. The number of aromatic nitrogens is 3. The number of carbonyl (C=O) groups is 1. The summed E-state index contributed by atoms with van der Waals surface area (Å²) < 4.78 is 24.5. The SMILES string of the molecule is CN(CC(=O)NCCCn1ccnn1)[C@H]1CCS(=O)(=O)C1. The molecule has 0 spiro atoms. The van der Waals surface area contributed by atoms with Gasteiger partial charge in [-0.2, -0.15) is 0 Å². The fourth-order valence-electron chi connectivity index (χ4n) is 2.36. The van der Waals surface area contributed by atoms with E-state index in [1.54, 1.807) is 24.1 Å². The van der Waals surface area contributed by atoms with E-state index in [9.17, 15) is 13.2 Å². The van der Waals surface area contributed by atoms with Crippen molar-refractivity contribution in [3.8, 4) is 0 Å². The topological polar surface area (TPSA) is 97.2 Å². The molecule has 1 aromatic heterocycles. The summed E-state index contributed by atoms with van der Waals surface area (Å²) in [7, 11) is -1.12. The summed E-state index contributed by atoms with van der Waals surface area (Å²) in [5, 5.41) is 10.4. The van der Waals surface area contributed by atoms with Crippen LogP contribution in [0.4, 0.5) is 0 Å². The Balaban J connectivity index is 1.63. The van der Waals surface area contributed by atoms with Crippen molar-refractivity contribution in [3.63, 3.8) is 0 Å². The Morgan fingerprint density at radius 1 is 1.52 bits per heavy atom. The van der Waals surface area contributed by atoms with Crippen LogP contribution < -0.4 is 5.32 Å². The maximum atomic E-state index is 11.8. The molecule has 0 bridgehead atoms. The number of aryl methyl sites for hydroxylation is 1. The number of rotatable bonds is 7. The minimum absolute atomic E-state index is 0.0455. The number of sulfone groups is 1. The third-order valence-corrected chi connectivity index (χ3v) is 5.33. The minimum atomic E-state index is -2.91. The van der Waals surface area contributed by atoms with Crippen molar-refractivity contribution in [2.75, 3.05) is 31.6 Å². The largest absolute Gasteiger partial charge is 0.355 e. The van der Waals surface area contributed by atoms with Crippen molar-refractivity contribution in [1.82, 2.24) is 25.2 Å². The number of carbonyl (C=O) groups excluding carboxylic acids is 1. The Kier molecular flexibility index (Phi) is 5.29. The van der Waals surface area contributed by atoms with E-state index in [0.717, 1.165) is 6.42 Å². The number of hydrogen-bond acceptors (Lipinski definition) is 6. The van der Waals surface area contributed by atoms with E-state index in [1.165, 1.54) is 0 Å². The zero-order valence-corrected chi connectivity index (χ0v) is 12.9. The zero-order valence-electron chi connectivity index (χ0n) is 12.1. The van der Waals surface area contributed by atoms with E-state index in [1.807, 2.05) is 4.90 Å². The number of likely N-dealkylation sites (N-methyl/N-ethyl adjacent to an activating group) is 1. The molecule has 2 heterocycles. The van der Waals surface area contributed by atoms with E-state index < -0.39 is 9.84 Å². The molecule has 21 heavy (non-hydrogen) atoms. The average molecular weight is 315 g/mol. The summed E-state index contributed by atoms with van der Waals surface area (Å²) in [6.45, 7) is 1.50. The molecule has 0 unspecified atom stereocenters. The fourth-order valence-corrected chi connectivity index (χ4v) is 4.16. The second-order valence-corrected chi connectivity index (χ2v) is 7.57. The molecule has 1 aliphatic rings. The number of amides is 1. The van der Waals surface area contributed by atoms with Gasteiger partial charge < -0.3 is 5.32 Å². The van der Waals surface area contributed by atoms with Crippen molar-refractivity contribution < 1.29 is 13.2 Å². The van der Waals surface area contributed by atoms with Crippen molar-refractivity contribution in [1.29, 1.82) is 0 Å². The van der Waals surface area contributed by atoms with E-state index in [2.05, 4.69) is 15.6 Å². The monoisotopic (exact) mass is 315 g/mol. The van der Waals surface area contributed by atoms with Gasteiger partial charge in [-0.05, 0) is 19.9 Å². The van der Waals surface area contributed by atoms with Gasteiger partial charge in [0.05, 0.1) is 24.2 Å². The molecular formula is C12H21N5O3S. The molecule has 2 rings (SSSR count). The molecule has 118 valence electrons. The fraction of sp³-hybridized carbons (Fsp3) is 0.750. The van der Waals surface area contributed by atoms with Gasteiger partial charge in [0.1, 0.15) is 0 Å². The number of nitrogens with one attached hydrogen (secondary N) is 1. The highest BCUT2D eigenvalue weighted by molar-refractivity contribution is 7.91. The van der Waals surface area contributed by atoms with E-state index in [4.69, 9.17) is 0 Å². The highest BCUT2D eigenvalue weighted by Gasteiger charge is 2.31. The van der Waals surface area contributed by atoms with Gasteiger partial charge in [-0.15, -0.1) is 5.10 Å². The summed E-state index contributed by atoms with van der Waals surface area (Å²) in [4.78, 5) is 13.6. The van der Waals surface area contributed by atoms with E-state index >= 15 is 0 Å². The standard InChI is InChI=1S/C12H21N5O3S/c1-16(11-3-8-21(19,20)10-11)9-12(18)13-4-2-6-17-7-5-14-15-17/h5,7,11H,2-4,6,8-10H2,1H3,(H,13,18)/t11-/m0/s1. The molecule has 8 nitrogen and oxygen atoms in total. The molecule has 1 atom stereocenters. The highest BCUT2D eigenvalue weighted by Crippen LogP contribution is 2.15. The lowest BCUT2D eigenvalue weighted by Gasteiger charge is -2.22. The lowest BCUT2D eigenvalue weighted by Crippen LogP contribution is -2.41. The summed E-state index contributed by atoms with van der Waals surface area (Å²) >= 11 is 0. The van der Waals surface area contributed by atoms with Gasteiger partial charge in [0.15, 0.2) is 9.84 Å². The molecule has 1 aromatic rings. The Bertz CT molecular complexity index is 557. The molecule has 9 heteroatoms. The molecule has 0 aliphatic carbocycles. The predicted molar refractivity (Wildman–Crippen MR) is 77.3 cm³/mol. The first-order valence-corrected chi connectivity index (χ1v) is 8.80. The van der Waals surface area contributed by atoms with Crippen molar-refractivity contribution in [2.45, 2.75) is 25.4 Å². The maximum absolute atomic E-state index is 11.8. The second kappa shape index (κ2) is 6.99. The molecule has 1 fully saturated rings. The third kappa shape index (κ3) is 5.09. The van der Waals surface area contributed by atoms with Crippen LogP contribution in [0.1, 0.15) is 12.8 Å². The summed E-state index contributed by atoms with van der Waals surface area (Å²) in [5.41, 5.74) is 0. The van der Waals surface area contributed by atoms with Gasteiger partial charge in [0.25, 0.3) is 0 Å². The second-order valence-electron chi connectivity index (χ2n) is 5.34. The molecule has 0 saturated carbocycles. The van der Waals surface area contributed by atoms with Gasteiger partial charge >= 0.3 is 0 Å². The quantitative estimate of drug-likeness (QED) is 0.642. The lowest BCUT2D eigenvalue weighted by atomic mass is 10.2.